The highest BCUT2D eigenvalue weighted by Crippen LogP contribution is 1.94. The Labute approximate surface area is 73.5 Å². The van der Waals surface area contributed by atoms with Gasteiger partial charge in [0.1, 0.15) is 0 Å². The number of hydrogen-bond acceptors (Lipinski definition) is 4. The topological polar surface area (TPSA) is 99.9 Å². The quantitative estimate of drug-likeness (QED) is 0.619. The summed E-state index contributed by atoms with van der Waals surface area (Å²) in [7, 11) is -3.23. The zero-order valence-corrected chi connectivity index (χ0v) is 7.64. The molecule has 0 aliphatic rings. The van der Waals surface area contributed by atoms with Crippen molar-refractivity contribution in [2.24, 2.45) is 0 Å². The van der Waals surface area contributed by atoms with Crippen LogP contribution in [0.25, 0.3) is 0 Å². The van der Waals surface area contributed by atoms with Crippen LogP contribution in [0.2, 0.25) is 0 Å². The standard InChI is InChI=1S/C6H8N2O4S/c1-13(11,12)3-4-2-5(9)8-6(10)7-4/h2H,3H2,1H3,(H2,7,8,9,10). The van der Waals surface area contributed by atoms with E-state index in [9.17, 15) is 18.0 Å². The maximum Gasteiger partial charge on any atom is 0.325 e. The van der Waals surface area contributed by atoms with Gasteiger partial charge >= 0.3 is 5.69 Å². The fourth-order valence-electron chi connectivity index (χ4n) is 0.880. The third-order valence-electron chi connectivity index (χ3n) is 1.23. The molecule has 0 atom stereocenters. The monoisotopic (exact) mass is 204 g/mol. The van der Waals surface area contributed by atoms with E-state index in [-0.39, 0.29) is 11.4 Å². The summed E-state index contributed by atoms with van der Waals surface area (Å²) in [6, 6.07) is 1.04. The predicted molar refractivity (Wildman–Crippen MR) is 46.2 cm³/mol. The second-order valence-electron chi connectivity index (χ2n) is 2.68. The number of hydrogen-bond donors (Lipinski definition) is 2. The first-order valence-corrected chi connectivity index (χ1v) is 5.43. The van der Waals surface area contributed by atoms with E-state index >= 15 is 0 Å². The SMILES string of the molecule is CS(=O)(=O)Cc1cc(=O)[nH]c(=O)[nH]1. The fraction of sp³-hybridized carbons (Fsp3) is 0.333. The number of H-pyrrole nitrogens is 2. The van der Waals surface area contributed by atoms with Crippen LogP contribution in [0.4, 0.5) is 0 Å². The minimum Gasteiger partial charge on any atom is -0.310 e. The van der Waals surface area contributed by atoms with Crippen LogP contribution in [-0.4, -0.2) is 24.6 Å². The van der Waals surface area contributed by atoms with Gasteiger partial charge in [0.25, 0.3) is 5.56 Å². The van der Waals surface area contributed by atoms with Crippen molar-refractivity contribution >= 4 is 9.84 Å². The van der Waals surface area contributed by atoms with Gasteiger partial charge in [0.2, 0.25) is 0 Å². The van der Waals surface area contributed by atoms with Gasteiger partial charge in [-0.05, 0) is 0 Å². The molecule has 0 aliphatic heterocycles. The molecule has 1 aromatic heterocycles. The highest BCUT2D eigenvalue weighted by atomic mass is 32.2. The molecule has 0 spiro atoms. The largest absolute Gasteiger partial charge is 0.325 e. The summed E-state index contributed by atoms with van der Waals surface area (Å²) in [5.74, 6) is -0.341. The van der Waals surface area contributed by atoms with Crippen LogP contribution in [0, 0.1) is 0 Å². The van der Waals surface area contributed by atoms with E-state index in [1.807, 2.05) is 4.98 Å². The molecule has 0 bridgehead atoms. The molecule has 0 unspecified atom stereocenters. The normalized spacial score (nSPS) is 11.5. The van der Waals surface area contributed by atoms with Crippen molar-refractivity contribution in [2.75, 3.05) is 6.26 Å². The molecule has 0 radical (unpaired) electrons. The molecule has 6 nitrogen and oxygen atoms in total. The number of aromatic amines is 2. The number of nitrogens with one attached hydrogen (secondary N) is 2. The van der Waals surface area contributed by atoms with E-state index in [0.29, 0.717) is 0 Å². The lowest BCUT2D eigenvalue weighted by atomic mass is 10.5. The van der Waals surface area contributed by atoms with Crippen LogP contribution in [-0.2, 0) is 15.6 Å². The summed E-state index contributed by atoms with van der Waals surface area (Å²) < 4.78 is 21.6. The maximum absolute atomic E-state index is 10.8. The third kappa shape index (κ3) is 3.24. The van der Waals surface area contributed by atoms with E-state index in [0.717, 1.165) is 12.3 Å². The molecule has 1 aromatic rings. The van der Waals surface area contributed by atoms with Crippen LogP contribution >= 0.6 is 0 Å². The maximum atomic E-state index is 10.8. The van der Waals surface area contributed by atoms with Crippen molar-refractivity contribution in [3.8, 4) is 0 Å². The van der Waals surface area contributed by atoms with Gasteiger partial charge in [-0.25, -0.2) is 13.2 Å². The molecule has 0 amide bonds. The molecule has 0 fully saturated rings. The van der Waals surface area contributed by atoms with E-state index in [1.54, 1.807) is 0 Å². The zero-order chi connectivity index (χ0) is 10.1. The van der Waals surface area contributed by atoms with Crippen LogP contribution in [0.15, 0.2) is 15.7 Å². The molecule has 0 saturated carbocycles. The summed E-state index contributed by atoms with van der Waals surface area (Å²) in [5, 5.41) is 0. The summed E-state index contributed by atoms with van der Waals surface area (Å²) in [4.78, 5) is 25.6. The summed E-state index contributed by atoms with van der Waals surface area (Å²) in [5.41, 5.74) is -1.22. The molecule has 1 rings (SSSR count). The van der Waals surface area contributed by atoms with Crippen molar-refractivity contribution in [1.82, 2.24) is 9.97 Å². The Morgan fingerprint density at radius 3 is 2.38 bits per heavy atom. The van der Waals surface area contributed by atoms with Gasteiger partial charge in [-0.2, -0.15) is 0 Å². The van der Waals surface area contributed by atoms with Gasteiger partial charge in [0, 0.05) is 18.0 Å². The number of aromatic nitrogens is 2. The molecule has 0 saturated heterocycles. The number of rotatable bonds is 2. The van der Waals surface area contributed by atoms with Crippen LogP contribution in [0.3, 0.4) is 0 Å². The molecule has 0 aromatic carbocycles. The average Bonchev–Trinajstić information content (AvgIpc) is 1.78. The van der Waals surface area contributed by atoms with Crippen LogP contribution < -0.4 is 11.2 Å². The van der Waals surface area contributed by atoms with Crippen LogP contribution in [0.1, 0.15) is 5.69 Å². The van der Waals surface area contributed by atoms with Gasteiger partial charge in [0.05, 0.1) is 5.75 Å². The van der Waals surface area contributed by atoms with Crippen LogP contribution in [0.5, 0.6) is 0 Å². The smallest absolute Gasteiger partial charge is 0.310 e. The number of sulfone groups is 1. The molecule has 7 heteroatoms. The van der Waals surface area contributed by atoms with Gasteiger partial charge in [-0.3, -0.25) is 9.78 Å². The van der Waals surface area contributed by atoms with E-state index in [4.69, 9.17) is 0 Å². The zero-order valence-electron chi connectivity index (χ0n) is 6.83. The van der Waals surface area contributed by atoms with Gasteiger partial charge < -0.3 is 4.98 Å². The Hall–Kier alpha value is -1.37. The second kappa shape index (κ2) is 3.17. The molecule has 13 heavy (non-hydrogen) atoms. The molecule has 2 N–H and O–H groups in total. The summed E-state index contributed by atoms with van der Waals surface area (Å²) in [6.45, 7) is 0. The van der Waals surface area contributed by atoms with Gasteiger partial charge in [-0.15, -0.1) is 0 Å². The highest BCUT2D eigenvalue weighted by Gasteiger charge is 2.05. The minimum atomic E-state index is -3.23. The molecule has 72 valence electrons. The summed E-state index contributed by atoms with van der Waals surface area (Å²) >= 11 is 0. The van der Waals surface area contributed by atoms with Crippen molar-refractivity contribution in [2.45, 2.75) is 5.75 Å². The Morgan fingerprint density at radius 1 is 1.31 bits per heavy atom. The van der Waals surface area contributed by atoms with Gasteiger partial charge in [-0.1, -0.05) is 0 Å². The molecule has 0 aliphatic carbocycles. The third-order valence-corrected chi connectivity index (χ3v) is 2.07. The molecular formula is C6H8N2O4S. The lowest BCUT2D eigenvalue weighted by Crippen LogP contribution is -2.23. The van der Waals surface area contributed by atoms with Crippen molar-refractivity contribution in [1.29, 1.82) is 0 Å². The van der Waals surface area contributed by atoms with E-state index in [2.05, 4.69) is 4.98 Å². The van der Waals surface area contributed by atoms with Gasteiger partial charge in [0.15, 0.2) is 9.84 Å². The first kappa shape index (κ1) is 9.72. The van der Waals surface area contributed by atoms with Crippen molar-refractivity contribution in [3.05, 3.63) is 32.6 Å². The summed E-state index contributed by atoms with van der Waals surface area (Å²) in [6.07, 6.45) is 1.02. The van der Waals surface area contributed by atoms with Crippen molar-refractivity contribution < 1.29 is 8.42 Å². The highest BCUT2D eigenvalue weighted by molar-refractivity contribution is 7.89. The molecule has 1 heterocycles. The predicted octanol–water partition coefficient (Wildman–Crippen LogP) is -1.39. The first-order valence-electron chi connectivity index (χ1n) is 3.37. The van der Waals surface area contributed by atoms with Crippen molar-refractivity contribution in [3.63, 3.8) is 0 Å². The second-order valence-corrected chi connectivity index (χ2v) is 4.82. The molecular weight excluding hydrogens is 196 g/mol. The fourth-order valence-corrected chi connectivity index (χ4v) is 1.60. The lowest BCUT2D eigenvalue weighted by molar-refractivity contribution is 0.600. The Morgan fingerprint density at radius 2 is 1.92 bits per heavy atom. The van der Waals surface area contributed by atoms with E-state index in [1.165, 1.54) is 0 Å². The lowest BCUT2D eigenvalue weighted by Gasteiger charge is -1.96. The average molecular weight is 204 g/mol. The van der Waals surface area contributed by atoms with E-state index < -0.39 is 21.1 Å². The Balaban J connectivity index is 3.18. The Bertz CT molecular complexity index is 482. The first-order chi connectivity index (χ1) is 5.87. The Kier molecular flexibility index (Phi) is 2.37. The minimum absolute atomic E-state index is 0.0938.